The number of aryl methyl sites for hydroxylation is 4. The molecule has 0 radical (unpaired) electrons. The van der Waals surface area contributed by atoms with E-state index in [1.807, 2.05) is 0 Å². The molecular weight excluding hydrogens is 370 g/mol. The van der Waals surface area contributed by atoms with Crippen LogP contribution in [0.4, 0.5) is 0 Å². The fourth-order valence-electron chi connectivity index (χ4n) is 5.33. The second kappa shape index (κ2) is 5.48. The Bertz CT molecular complexity index is 1380. The predicted octanol–water partition coefficient (Wildman–Crippen LogP) is 5.54. The Morgan fingerprint density at radius 3 is 2.62 bits per heavy atom. The molecule has 0 bridgehead atoms. The van der Waals surface area contributed by atoms with Crippen LogP contribution < -0.4 is 14.5 Å². The topological polar surface area (TPSA) is 13.1 Å². The van der Waals surface area contributed by atoms with E-state index in [0.717, 1.165) is 24.3 Å². The summed E-state index contributed by atoms with van der Waals surface area (Å²) < 4.78 is 9.08. The molecule has 0 unspecified atom stereocenters. The molecule has 2 aliphatic rings. The minimum absolute atomic E-state index is 1.04. The highest BCUT2D eigenvalue weighted by molar-refractivity contribution is 6.88. The average molecular weight is 397 g/mol. The number of nitrogens with zero attached hydrogens (tertiary/aromatic N) is 1. The molecule has 1 aliphatic heterocycles. The maximum atomic E-state index is 6.79. The first kappa shape index (κ1) is 17.2. The van der Waals surface area contributed by atoms with Crippen molar-refractivity contribution in [3.8, 4) is 22.8 Å². The number of fused-ring (bicyclic) bond motifs is 3. The maximum absolute atomic E-state index is 6.79. The minimum atomic E-state index is -1.45. The van der Waals surface area contributed by atoms with E-state index in [4.69, 9.17) is 4.74 Å². The number of ether oxygens (including phenoxy) is 1. The van der Waals surface area contributed by atoms with Gasteiger partial charge >= 0.3 is 0 Å². The number of hydrogen-bond donors (Lipinski definition) is 0. The highest BCUT2D eigenvalue weighted by Crippen LogP contribution is 2.52. The summed E-state index contributed by atoms with van der Waals surface area (Å²) in [6, 6.07) is 13.8. The molecule has 0 fully saturated rings. The first-order valence-corrected chi connectivity index (χ1v) is 14.1. The van der Waals surface area contributed by atoms with Gasteiger partial charge in [0.05, 0.1) is 19.0 Å². The van der Waals surface area contributed by atoms with Gasteiger partial charge in [-0.25, -0.2) is 4.57 Å². The zero-order chi connectivity index (χ0) is 20.1. The number of aromatic nitrogens is 1. The third-order valence-electron chi connectivity index (χ3n) is 6.89. The largest absolute Gasteiger partial charge is 0.455 e. The lowest BCUT2D eigenvalue weighted by atomic mass is 9.89. The van der Waals surface area contributed by atoms with Crippen molar-refractivity contribution in [2.45, 2.75) is 39.4 Å². The van der Waals surface area contributed by atoms with Crippen molar-refractivity contribution in [3.05, 3.63) is 59.3 Å². The maximum Gasteiger partial charge on any atom is 0.228 e. The highest BCUT2D eigenvalue weighted by Gasteiger charge is 2.35. The van der Waals surface area contributed by atoms with Crippen LogP contribution in [0, 0.1) is 6.92 Å². The Hall–Kier alpha value is -2.65. The second-order valence-corrected chi connectivity index (χ2v) is 14.8. The highest BCUT2D eigenvalue weighted by atomic mass is 28.3. The third-order valence-corrected chi connectivity index (χ3v) is 8.91. The van der Waals surface area contributed by atoms with E-state index in [0.29, 0.717) is 0 Å². The van der Waals surface area contributed by atoms with Crippen LogP contribution in [0.1, 0.15) is 16.7 Å². The summed E-state index contributed by atoms with van der Waals surface area (Å²) in [5, 5.41) is 6.83. The average Bonchev–Trinajstić information content (AvgIpc) is 3.12. The van der Waals surface area contributed by atoms with Crippen molar-refractivity contribution in [1.29, 1.82) is 0 Å². The number of rotatable bonds is 1. The fraction of sp³-hybridized carbons (Fsp3) is 0.269. The lowest BCUT2D eigenvalue weighted by Crippen LogP contribution is -2.38. The minimum Gasteiger partial charge on any atom is -0.455 e. The summed E-state index contributed by atoms with van der Waals surface area (Å²) in [6.07, 6.45) is 4.40. The quantitative estimate of drug-likeness (QED) is 0.268. The van der Waals surface area contributed by atoms with E-state index in [9.17, 15) is 0 Å². The van der Waals surface area contributed by atoms with Crippen molar-refractivity contribution in [2.75, 3.05) is 0 Å². The van der Waals surface area contributed by atoms with E-state index >= 15 is 0 Å². The molecule has 0 amide bonds. The van der Waals surface area contributed by atoms with Gasteiger partial charge in [-0.15, -0.1) is 0 Å². The molecule has 6 rings (SSSR count). The number of benzene rings is 3. The molecule has 144 valence electrons. The van der Waals surface area contributed by atoms with Crippen molar-refractivity contribution < 1.29 is 9.30 Å². The van der Waals surface area contributed by atoms with Gasteiger partial charge in [0.15, 0.2) is 6.20 Å². The van der Waals surface area contributed by atoms with Crippen LogP contribution in [-0.4, -0.2) is 8.07 Å². The van der Waals surface area contributed by atoms with Gasteiger partial charge in [-0.05, 0) is 53.1 Å². The van der Waals surface area contributed by atoms with Gasteiger partial charge in [-0.3, -0.25) is 0 Å². The van der Waals surface area contributed by atoms with Crippen LogP contribution in [0.5, 0.6) is 11.5 Å². The molecule has 3 aromatic carbocycles. The molecule has 1 aromatic heterocycles. The molecule has 1 aliphatic carbocycles. The monoisotopic (exact) mass is 396 g/mol. The molecule has 29 heavy (non-hydrogen) atoms. The summed E-state index contributed by atoms with van der Waals surface area (Å²) >= 11 is 0. The zero-order valence-corrected chi connectivity index (χ0v) is 18.8. The first-order valence-electron chi connectivity index (χ1n) is 10.6. The van der Waals surface area contributed by atoms with Crippen LogP contribution in [0.15, 0.2) is 42.6 Å². The van der Waals surface area contributed by atoms with Crippen LogP contribution >= 0.6 is 0 Å². The van der Waals surface area contributed by atoms with E-state index in [2.05, 4.69) is 80.8 Å². The molecule has 0 spiro atoms. The summed E-state index contributed by atoms with van der Waals surface area (Å²) in [7, 11) is 0.716. The summed E-state index contributed by atoms with van der Waals surface area (Å²) in [5.41, 5.74) is 6.79. The predicted molar refractivity (Wildman–Crippen MR) is 123 cm³/mol. The molecular formula is C26H26NOSi+. The van der Waals surface area contributed by atoms with Crippen LogP contribution in [-0.2, 0) is 19.9 Å². The molecule has 0 saturated heterocycles. The van der Waals surface area contributed by atoms with Gasteiger partial charge in [-0.1, -0.05) is 49.1 Å². The third kappa shape index (κ3) is 2.19. The summed E-state index contributed by atoms with van der Waals surface area (Å²) in [6.45, 7) is 9.49. The Kier molecular flexibility index (Phi) is 3.26. The van der Waals surface area contributed by atoms with Crippen LogP contribution in [0.2, 0.25) is 19.6 Å². The van der Waals surface area contributed by atoms with E-state index < -0.39 is 8.07 Å². The van der Waals surface area contributed by atoms with Gasteiger partial charge in [-0.2, -0.15) is 0 Å². The second-order valence-electron chi connectivity index (χ2n) is 9.71. The van der Waals surface area contributed by atoms with Gasteiger partial charge in [0.25, 0.3) is 0 Å². The van der Waals surface area contributed by atoms with E-state index in [1.54, 1.807) is 0 Å². The van der Waals surface area contributed by atoms with Crippen molar-refractivity contribution in [1.82, 2.24) is 0 Å². The molecule has 0 N–H and O–H groups in total. The lowest BCUT2D eigenvalue weighted by Gasteiger charge is -2.26. The van der Waals surface area contributed by atoms with Crippen molar-refractivity contribution in [2.24, 2.45) is 7.05 Å². The van der Waals surface area contributed by atoms with Gasteiger partial charge < -0.3 is 4.74 Å². The Morgan fingerprint density at radius 1 is 1.00 bits per heavy atom. The zero-order valence-electron chi connectivity index (χ0n) is 17.8. The summed E-state index contributed by atoms with van der Waals surface area (Å²) in [5.74, 6) is 2.14. The smallest absolute Gasteiger partial charge is 0.228 e. The first-order chi connectivity index (χ1) is 13.8. The number of pyridine rings is 1. The van der Waals surface area contributed by atoms with Crippen LogP contribution in [0.25, 0.3) is 32.8 Å². The van der Waals surface area contributed by atoms with Crippen molar-refractivity contribution in [3.63, 3.8) is 0 Å². The fourth-order valence-corrected chi connectivity index (χ4v) is 6.49. The SMILES string of the molecule is Cc1c2c(c3c4c(cccc14)CC3)Oc1cc([Si](C)(C)C)cc3cc[n+](C)c-2c13. The Balaban J connectivity index is 1.80. The molecule has 2 heterocycles. The molecule has 4 aromatic rings. The van der Waals surface area contributed by atoms with E-state index in [-0.39, 0.29) is 0 Å². The van der Waals surface area contributed by atoms with Crippen LogP contribution in [0.3, 0.4) is 0 Å². The molecule has 2 nitrogen and oxygen atoms in total. The summed E-state index contributed by atoms with van der Waals surface area (Å²) in [4.78, 5) is 0. The number of hydrogen-bond acceptors (Lipinski definition) is 1. The van der Waals surface area contributed by atoms with E-state index in [1.165, 1.54) is 54.7 Å². The molecule has 0 saturated carbocycles. The standard InChI is InChI=1S/C26H26NOSi/c1-15-19-8-6-7-16-9-10-20(23(16)19)26-22(15)25-24-17(11-12-27(25)2)13-18(29(3,4)5)14-21(24)28-26/h6-8,11-14H,9-10H2,1-5H3/q+1. The molecule has 3 heteroatoms. The normalized spacial score (nSPS) is 14.4. The van der Waals surface area contributed by atoms with Gasteiger partial charge in [0.2, 0.25) is 5.69 Å². The lowest BCUT2D eigenvalue weighted by molar-refractivity contribution is -0.659. The molecule has 0 atom stereocenters. The van der Waals surface area contributed by atoms with Crippen molar-refractivity contribution >= 4 is 34.8 Å². The van der Waals surface area contributed by atoms with Gasteiger partial charge in [0.1, 0.15) is 18.5 Å². The van der Waals surface area contributed by atoms with Gasteiger partial charge in [0, 0.05) is 11.6 Å². The Morgan fingerprint density at radius 2 is 1.83 bits per heavy atom. The Labute approximate surface area is 172 Å².